The number of hydrogen-bond acceptors (Lipinski definition) is 4. The van der Waals surface area contributed by atoms with Crippen molar-refractivity contribution < 1.29 is 0 Å². The molecule has 0 unspecified atom stereocenters. The molecule has 0 saturated heterocycles. The fourth-order valence-electron chi connectivity index (χ4n) is 2.13. The van der Waals surface area contributed by atoms with E-state index in [2.05, 4.69) is 20.3 Å². The van der Waals surface area contributed by atoms with E-state index < -0.39 is 0 Å². The second-order valence-electron chi connectivity index (χ2n) is 4.73. The Balaban J connectivity index is 1.56. The largest absolute Gasteiger partial charge is 0.338 e. The smallest absolute Gasteiger partial charge is 0.109 e. The van der Waals surface area contributed by atoms with Gasteiger partial charge in [0, 0.05) is 39.0 Å². The molecule has 0 fully saturated rings. The highest BCUT2D eigenvalue weighted by atomic mass is 15.0. The molecule has 0 atom stereocenters. The molecule has 0 saturated carbocycles. The van der Waals surface area contributed by atoms with Crippen molar-refractivity contribution in [1.82, 2.24) is 24.8 Å². The molecule has 0 spiro atoms. The molecule has 0 radical (unpaired) electrons. The summed E-state index contributed by atoms with van der Waals surface area (Å²) in [6, 6.07) is 7.91. The van der Waals surface area contributed by atoms with Crippen LogP contribution in [0.4, 0.5) is 0 Å². The van der Waals surface area contributed by atoms with Gasteiger partial charge in [-0.3, -0.25) is 4.98 Å². The maximum atomic E-state index is 4.58. The zero-order chi connectivity index (χ0) is 13.8. The van der Waals surface area contributed by atoms with Gasteiger partial charge in [0.1, 0.15) is 5.82 Å². The van der Waals surface area contributed by atoms with Crippen molar-refractivity contribution in [3.63, 3.8) is 0 Å². The fraction of sp³-hybridized carbons (Fsp3) is 0.267. The molecule has 2 aromatic heterocycles. The first kappa shape index (κ1) is 12.7. The standard InChI is InChI=1S/C15H17N5/c1-20-9-8-17-15(20)6-7-16-10-12-11-18-13-4-2-3-5-14(13)19-12/h2-5,8-9,11,16H,6-7,10H2,1H3. The van der Waals surface area contributed by atoms with Crippen molar-refractivity contribution in [2.45, 2.75) is 13.0 Å². The van der Waals surface area contributed by atoms with Gasteiger partial charge in [-0.1, -0.05) is 12.1 Å². The highest BCUT2D eigenvalue weighted by Gasteiger charge is 2.01. The number of para-hydroxylation sites is 2. The van der Waals surface area contributed by atoms with Gasteiger partial charge in [-0.2, -0.15) is 0 Å². The van der Waals surface area contributed by atoms with Crippen LogP contribution in [-0.2, 0) is 20.0 Å². The Morgan fingerprint density at radius 1 is 1.15 bits per heavy atom. The lowest BCUT2D eigenvalue weighted by molar-refractivity contribution is 0.646. The molecule has 1 N–H and O–H groups in total. The predicted octanol–water partition coefficient (Wildman–Crippen LogP) is 1.70. The lowest BCUT2D eigenvalue weighted by Gasteiger charge is -2.05. The molecule has 0 bridgehead atoms. The van der Waals surface area contributed by atoms with Crippen molar-refractivity contribution in [3.05, 3.63) is 54.4 Å². The molecule has 0 aliphatic rings. The van der Waals surface area contributed by atoms with E-state index in [0.717, 1.165) is 42.1 Å². The molecule has 0 aliphatic carbocycles. The zero-order valence-corrected chi connectivity index (χ0v) is 11.5. The van der Waals surface area contributed by atoms with E-state index in [0.29, 0.717) is 0 Å². The van der Waals surface area contributed by atoms with Crippen molar-refractivity contribution in [3.8, 4) is 0 Å². The molecule has 20 heavy (non-hydrogen) atoms. The molecule has 0 aliphatic heterocycles. The number of aryl methyl sites for hydroxylation is 1. The summed E-state index contributed by atoms with van der Waals surface area (Å²) >= 11 is 0. The van der Waals surface area contributed by atoms with Gasteiger partial charge in [0.25, 0.3) is 0 Å². The fourth-order valence-corrected chi connectivity index (χ4v) is 2.13. The number of nitrogens with zero attached hydrogens (tertiary/aromatic N) is 4. The van der Waals surface area contributed by atoms with Crippen molar-refractivity contribution in [2.24, 2.45) is 7.05 Å². The number of rotatable bonds is 5. The maximum Gasteiger partial charge on any atom is 0.109 e. The Morgan fingerprint density at radius 3 is 2.80 bits per heavy atom. The van der Waals surface area contributed by atoms with Crippen LogP contribution in [0.15, 0.2) is 42.9 Å². The number of hydrogen-bond donors (Lipinski definition) is 1. The normalized spacial score (nSPS) is 11.1. The van der Waals surface area contributed by atoms with Crippen LogP contribution in [0, 0.1) is 0 Å². The predicted molar refractivity (Wildman–Crippen MR) is 78.2 cm³/mol. The summed E-state index contributed by atoms with van der Waals surface area (Å²) in [6.07, 6.45) is 6.52. The van der Waals surface area contributed by atoms with E-state index in [1.807, 2.05) is 54.5 Å². The first-order valence-corrected chi connectivity index (χ1v) is 6.70. The molecular formula is C15H17N5. The lowest BCUT2D eigenvalue weighted by atomic mass is 10.3. The molecule has 5 nitrogen and oxygen atoms in total. The van der Waals surface area contributed by atoms with Crippen LogP contribution >= 0.6 is 0 Å². The van der Waals surface area contributed by atoms with Crippen LogP contribution in [0.1, 0.15) is 11.5 Å². The third-order valence-corrected chi connectivity index (χ3v) is 3.25. The van der Waals surface area contributed by atoms with Gasteiger partial charge >= 0.3 is 0 Å². The molecule has 3 aromatic rings. The van der Waals surface area contributed by atoms with Gasteiger partial charge in [-0.25, -0.2) is 9.97 Å². The first-order chi connectivity index (χ1) is 9.83. The summed E-state index contributed by atoms with van der Waals surface area (Å²) < 4.78 is 2.04. The SMILES string of the molecule is Cn1ccnc1CCNCc1cnc2ccccc2n1. The van der Waals surface area contributed by atoms with Gasteiger partial charge < -0.3 is 9.88 Å². The summed E-state index contributed by atoms with van der Waals surface area (Å²) in [5.74, 6) is 1.09. The average Bonchev–Trinajstić information content (AvgIpc) is 2.89. The summed E-state index contributed by atoms with van der Waals surface area (Å²) in [4.78, 5) is 13.3. The molecule has 102 valence electrons. The number of aromatic nitrogens is 4. The van der Waals surface area contributed by atoms with Gasteiger partial charge in [0.2, 0.25) is 0 Å². The topological polar surface area (TPSA) is 55.6 Å². The van der Waals surface area contributed by atoms with E-state index >= 15 is 0 Å². The minimum Gasteiger partial charge on any atom is -0.338 e. The Morgan fingerprint density at radius 2 is 2.00 bits per heavy atom. The van der Waals surface area contributed by atoms with E-state index in [1.165, 1.54) is 0 Å². The molecular weight excluding hydrogens is 250 g/mol. The summed E-state index contributed by atoms with van der Waals surface area (Å²) in [6.45, 7) is 1.60. The molecule has 3 rings (SSSR count). The quantitative estimate of drug-likeness (QED) is 0.715. The Labute approximate surface area is 117 Å². The zero-order valence-electron chi connectivity index (χ0n) is 11.5. The van der Waals surface area contributed by atoms with Crippen molar-refractivity contribution in [1.29, 1.82) is 0 Å². The Kier molecular flexibility index (Phi) is 3.69. The minimum absolute atomic E-state index is 0.724. The second kappa shape index (κ2) is 5.79. The molecule has 0 amide bonds. The van der Waals surface area contributed by atoms with Crippen LogP contribution in [0.2, 0.25) is 0 Å². The van der Waals surface area contributed by atoms with E-state index in [4.69, 9.17) is 0 Å². The molecule has 1 aromatic carbocycles. The van der Waals surface area contributed by atoms with Gasteiger partial charge in [-0.05, 0) is 12.1 Å². The van der Waals surface area contributed by atoms with E-state index in [1.54, 1.807) is 0 Å². The Bertz CT molecular complexity index is 704. The summed E-state index contributed by atoms with van der Waals surface area (Å²) in [7, 11) is 2.01. The second-order valence-corrected chi connectivity index (χ2v) is 4.73. The number of benzene rings is 1. The highest BCUT2D eigenvalue weighted by Crippen LogP contribution is 2.08. The van der Waals surface area contributed by atoms with Gasteiger partial charge in [-0.15, -0.1) is 0 Å². The van der Waals surface area contributed by atoms with Crippen LogP contribution < -0.4 is 5.32 Å². The van der Waals surface area contributed by atoms with Gasteiger partial charge in [0.05, 0.1) is 22.9 Å². The minimum atomic E-state index is 0.724. The highest BCUT2D eigenvalue weighted by molar-refractivity contribution is 5.73. The summed E-state index contributed by atoms with van der Waals surface area (Å²) in [5, 5.41) is 3.38. The van der Waals surface area contributed by atoms with Crippen LogP contribution in [0.5, 0.6) is 0 Å². The van der Waals surface area contributed by atoms with Crippen LogP contribution in [-0.4, -0.2) is 26.1 Å². The molecule has 2 heterocycles. The van der Waals surface area contributed by atoms with E-state index in [9.17, 15) is 0 Å². The Hall–Kier alpha value is -2.27. The summed E-state index contributed by atoms with van der Waals surface area (Å²) in [5.41, 5.74) is 2.84. The molecule has 5 heteroatoms. The number of nitrogens with one attached hydrogen (secondary N) is 1. The average molecular weight is 267 g/mol. The third-order valence-electron chi connectivity index (χ3n) is 3.25. The third kappa shape index (κ3) is 2.83. The van der Waals surface area contributed by atoms with Crippen molar-refractivity contribution in [2.75, 3.05) is 6.54 Å². The monoisotopic (exact) mass is 267 g/mol. The lowest BCUT2D eigenvalue weighted by Crippen LogP contribution is -2.19. The van der Waals surface area contributed by atoms with Gasteiger partial charge in [0.15, 0.2) is 0 Å². The van der Waals surface area contributed by atoms with Crippen LogP contribution in [0.3, 0.4) is 0 Å². The first-order valence-electron chi connectivity index (χ1n) is 6.70. The van der Waals surface area contributed by atoms with E-state index in [-0.39, 0.29) is 0 Å². The maximum absolute atomic E-state index is 4.58. The van der Waals surface area contributed by atoms with Crippen molar-refractivity contribution >= 4 is 11.0 Å². The number of fused-ring (bicyclic) bond motifs is 1. The number of imidazole rings is 1. The van der Waals surface area contributed by atoms with Crippen LogP contribution in [0.25, 0.3) is 11.0 Å².